The third-order valence-electron chi connectivity index (χ3n) is 2.41. The molecule has 0 saturated carbocycles. The number of carbonyl (C=O) groups excluding carboxylic acids is 2. The van der Waals surface area contributed by atoms with E-state index in [1.54, 1.807) is 14.0 Å². The molecular formula is C11H18N4O2S. The molecule has 6 nitrogen and oxygen atoms in total. The van der Waals surface area contributed by atoms with Gasteiger partial charge in [-0.15, -0.1) is 10.2 Å². The fourth-order valence-corrected chi connectivity index (χ4v) is 1.82. The monoisotopic (exact) mass is 270 g/mol. The Balaban J connectivity index is 2.71. The van der Waals surface area contributed by atoms with E-state index in [4.69, 9.17) is 0 Å². The number of aldehydes is 1. The van der Waals surface area contributed by atoms with E-state index in [2.05, 4.69) is 15.5 Å². The van der Waals surface area contributed by atoms with Crippen LogP contribution in [-0.4, -0.2) is 40.5 Å². The van der Waals surface area contributed by atoms with Crippen LogP contribution in [-0.2, 0) is 10.2 Å². The van der Waals surface area contributed by atoms with Crippen molar-refractivity contribution in [3.8, 4) is 0 Å². The summed E-state index contributed by atoms with van der Waals surface area (Å²) in [6.45, 7) is 7.73. The lowest BCUT2D eigenvalue weighted by atomic mass is 9.98. The Morgan fingerprint density at radius 1 is 1.44 bits per heavy atom. The van der Waals surface area contributed by atoms with E-state index < -0.39 is 6.04 Å². The van der Waals surface area contributed by atoms with Gasteiger partial charge in [0.1, 0.15) is 11.3 Å². The maximum absolute atomic E-state index is 11.8. The molecular weight excluding hydrogens is 252 g/mol. The SMILES string of the molecule is CC(C=O)N(C)C(=O)Nc1nnc(C(C)(C)C)s1. The van der Waals surface area contributed by atoms with Gasteiger partial charge in [0.15, 0.2) is 0 Å². The number of amides is 2. The lowest BCUT2D eigenvalue weighted by Crippen LogP contribution is -2.39. The zero-order chi connectivity index (χ0) is 13.9. The molecule has 1 aromatic rings. The van der Waals surface area contributed by atoms with Gasteiger partial charge in [-0.05, 0) is 6.92 Å². The second kappa shape index (κ2) is 5.43. The number of anilines is 1. The molecule has 1 rings (SSSR count). The molecule has 0 aliphatic heterocycles. The number of carbonyl (C=O) groups is 2. The number of hydrogen-bond acceptors (Lipinski definition) is 5. The zero-order valence-electron chi connectivity index (χ0n) is 11.2. The van der Waals surface area contributed by atoms with Crippen LogP contribution in [0.15, 0.2) is 0 Å². The molecule has 18 heavy (non-hydrogen) atoms. The van der Waals surface area contributed by atoms with Crippen LogP contribution < -0.4 is 5.32 Å². The van der Waals surface area contributed by atoms with Crippen LogP contribution in [0.4, 0.5) is 9.93 Å². The number of rotatable bonds is 3. The molecule has 0 saturated heterocycles. The molecule has 100 valence electrons. The van der Waals surface area contributed by atoms with Crippen molar-refractivity contribution in [2.24, 2.45) is 0 Å². The van der Waals surface area contributed by atoms with E-state index in [1.165, 1.54) is 16.2 Å². The van der Waals surface area contributed by atoms with Crippen molar-refractivity contribution in [2.75, 3.05) is 12.4 Å². The Labute approximate surface area is 110 Å². The molecule has 1 unspecified atom stereocenters. The number of aromatic nitrogens is 2. The van der Waals surface area contributed by atoms with Gasteiger partial charge < -0.3 is 9.69 Å². The van der Waals surface area contributed by atoms with Crippen LogP contribution in [0.2, 0.25) is 0 Å². The van der Waals surface area contributed by atoms with Crippen LogP contribution in [0, 0.1) is 0 Å². The average molecular weight is 270 g/mol. The number of urea groups is 1. The number of nitrogens with one attached hydrogen (secondary N) is 1. The van der Waals surface area contributed by atoms with Crippen molar-refractivity contribution >= 4 is 28.8 Å². The highest BCUT2D eigenvalue weighted by Crippen LogP contribution is 2.27. The Morgan fingerprint density at radius 2 is 2.06 bits per heavy atom. The predicted octanol–water partition coefficient (Wildman–Crippen LogP) is 1.89. The van der Waals surface area contributed by atoms with Crippen molar-refractivity contribution in [2.45, 2.75) is 39.2 Å². The van der Waals surface area contributed by atoms with Crippen molar-refractivity contribution in [1.82, 2.24) is 15.1 Å². The molecule has 1 atom stereocenters. The Morgan fingerprint density at radius 3 is 2.50 bits per heavy atom. The predicted molar refractivity (Wildman–Crippen MR) is 70.9 cm³/mol. The fourth-order valence-electron chi connectivity index (χ4n) is 1.03. The quantitative estimate of drug-likeness (QED) is 0.851. The standard InChI is InChI=1S/C11H18N4O2S/c1-7(6-16)15(5)10(17)12-9-14-13-8(18-9)11(2,3)4/h6-7H,1-5H3,(H,12,14,17). The van der Waals surface area contributed by atoms with Gasteiger partial charge >= 0.3 is 6.03 Å². The first-order valence-electron chi connectivity index (χ1n) is 5.58. The molecule has 0 aromatic carbocycles. The van der Waals surface area contributed by atoms with Crippen LogP contribution in [0.5, 0.6) is 0 Å². The highest BCUT2D eigenvalue weighted by molar-refractivity contribution is 7.15. The van der Waals surface area contributed by atoms with Crippen molar-refractivity contribution in [3.05, 3.63) is 5.01 Å². The fraction of sp³-hybridized carbons (Fsp3) is 0.636. The third-order valence-corrected chi connectivity index (χ3v) is 3.67. The molecule has 0 aliphatic rings. The van der Waals surface area contributed by atoms with Crippen molar-refractivity contribution in [3.63, 3.8) is 0 Å². The third kappa shape index (κ3) is 3.49. The summed E-state index contributed by atoms with van der Waals surface area (Å²) in [6, 6.07) is -0.841. The Kier molecular flexibility index (Phi) is 4.39. The maximum atomic E-state index is 11.8. The van der Waals surface area contributed by atoms with Crippen molar-refractivity contribution < 1.29 is 9.59 Å². The second-order valence-corrected chi connectivity index (χ2v) is 6.06. The summed E-state index contributed by atoms with van der Waals surface area (Å²) in [5, 5.41) is 11.9. The maximum Gasteiger partial charge on any atom is 0.324 e. The van der Waals surface area contributed by atoms with E-state index in [0.29, 0.717) is 11.4 Å². The van der Waals surface area contributed by atoms with E-state index in [0.717, 1.165) is 5.01 Å². The summed E-state index contributed by atoms with van der Waals surface area (Å²) in [5.41, 5.74) is -0.0946. The minimum Gasteiger partial charge on any atom is -0.318 e. The summed E-state index contributed by atoms with van der Waals surface area (Å²) in [7, 11) is 1.56. The van der Waals surface area contributed by atoms with Gasteiger partial charge in [-0.1, -0.05) is 32.1 Å². The van der Waals surface area contributed by atoms with Gasteiger partial charge in [0.2, 0.25) is 5.13 Å². The van der Waals surface area contributed by atoms with Crippen LogP contribution in [0.1, 0.15) is 32.7 Å². The van der Waals surface area contributed by atoms with Crippen LogP contribution in [0.3, 0.4) is 0 Å². The first-order chi connectivity index (χ1) is 8.25. The highest BCUT2D eigenvalue weighted by atomic mass is 32.1. The molecule has 1 aromatic heterocycles. The zero-order valence-corrected chi connectivity index (χ0v) is 12.0. The first kappa shape index (κ1) is 14.6. The van der Waals surface area contributed by atoms with Crippen LogP contribution >= 0.6 is 11.3 Å². The molecule has 7 heteroatoms. The topological polar surface area (TPSA) is 75.2 Å². The smallest absolute Gasteiger partial charge is 0.318 e. The molecule has 0 bridgehead atoms. The first-order valence-corrected chi connectivity index (χ1v) is 6.40. The lowest BCUT2D eigenvalue weighted by Gasteiger charge is -2.19. The number of nitrogens with zero attached hydrogens (tertiary/aromatic N) is 3. The summed E-state index contributed by atoms with van der Waals surface area (Å²) >= 11 is 1.34. The van der Waals surface area contributed by atoms with E-state index in [1.807, 2.05) is 20.8 Å². The number of hydrogen-bond donors (Lipinski definition) is 1. The van der Waals surface area contributed by atoms with Gasteiger partial charge in [-0.25, -0.2) is 4.79 Å². The molecule has 0 fully saturated rings. The lowest BCUT2D eigenvalue weighted by molar-refractivity contribution is -0.110. The molecule has 1 heterocycles. The van der Waals surface area contributed by atoms with Gasteiger partial charge in [0.25, 0.3) is 0 Å². The van der Waals surface area contributed by atoms with Gasteiger partial charge in [-0.2, -0.15) is 0 Å². The Bertz CT molecular complexity index is 438. The average Bonchev–Trinajstić information content (AvgIpc) is 2.75. The van der Waals surface area contributed by atoms with Crippen LogP contribution in [0.25, 0.3) is 0 Å². The summed E-state index contributed by atoms with van der Waals surface area (Å²) in [4.78, 5) is 23.7. The number of likely N-dealkylation sites (N-methyl/N-ethyl adjacent to an activating group) is 1. The normalized spacial score (nSPS) is 12.9. The second-order valence-electron chi connectivity index (χ2n) is 5.08. The van der Waals surface area contributed by atoms with E-state index >= 15 is 0 Å². The largest absolute Gasteiger partial charge is 0.324 e. The van der Waals surface area contributed by atoms with Gasteiger partial charge in [0.05, 0.1) is 6.04 Å². The molecule has 1 N–H and O–H groups in total. The molecule has 0 radical (unpaired) electrons. The molecule has 0 spiro atoms. The highest BCUT2D eigenvalue weighted by Gasteiger charge is 2.21. The van der Waals surface area contributed by atoms with E-state index in [-0.39, 0.29) is 11.4 Å². The minimum atomic E-state index is -0.472. The van der Waals surface area contributed by atoms with Crippen molar-refractivity contribution in [1.29, 1.82) is 0 Å². The minimum absolute atomic E-state index is 0.0946. The molecule has 0 aliphatic carbocycles. The van der Waals surface area contributed by atoms with Gasteiger partial charge in [-0.3, -0.25) is 5.32 Å². The Hall–Kier alpha value is -1.50. The summed E-state index contributed by atoms with van der Waals surface area (Å²) in [6.07, 6.45) is 0.709. The van der Waals surface area contributed by atoms with E-state index in [9.17, 15) is 9.59 Å². The summed E-state index contributed by atoms with van der Waals surface area (Å²) in [5.74, 6) is 0. The van der Waals surface area contributed by atoms with Gasteiger partial charge in [0, 0.05) is 12.5 Å². The summed E-state index contributed by atoms with van der Waals surface area (Å²) < 4.78 is 0. The molecule has 2 amide bonds.